The summed E-state index contributed by atoms with van der Waals surface area (Å²) in [5, 5.41) is 13.8. The van der Waals surface area contributed by atoms with Crippen LogP contribution in [0.4, 0.5) is 5.69 Å². The van der Waals surface area contributed by atoms with Crippen molar-refractivity contribution in [2.24, 2.45) is 0 Å². The molecule has 0 saturated heterocycles. The Morgan fingerprint density at radius 1 is 1.21 bits per heavy atom. The first-order valence-corrected chi connectivity index (χ1v) is 9.89. The highest BCUT2D eigenvalue weighted by Crippen LogP contribution is 2.29. The number of amides is 1. The van der Waals surface area contributed by atoms with E-state index in [4.69, 9.17) is 4.74 Å². The van der Waals surface area contributed by atoms with Crippen LogP contribution in [-0.2, 0) is 14.8 Å². The highest BCUT2D eigenvalue weighted by Gasteiger charge is 2.22. The van der Waals surface area contributed by atoms with Crippen LogP contribution in [0.2, 0.25) is 0 Å². The molecule has 9 nitrogen and oxygen atoms in total. The molecule has 0 fully saturated rings. The Morgan fingerprint density at radius 2 is 1.89 bits per heavy atom. The first-order chi connectivity index (χ1) is 13.2. The SMILES string of the molecule is COc1ccc(S(=O)(=O)NCCC(=O)N[C@@H](C)c2ccccc2)cc1[N+](=O)[O-]. The summed E-state index contributed by atoms with van der Waals surface area (Å²) in [6.45, 7) is 1.68. The van der Waals surface area contributed by atoms with Crippen LogP contribution in [-0.4, -0.2) is 32.9 Å². The summed E-state index contributed by atoms with van der Waals surface area (Å²) in [5.74, 6) is -0.363. The Labute approximate surface area is 162 Å². The van der Waals surface area contributed by atoms with Crippen molar-refractivity contribution in [1.29, 1.82) is 0 Å². The molecule has 0 aliphatic carbocycles. The number of nitrogens with one attached hydrogen (secondary N) is 2. The zero-order valence-electron chi connectivity index (χ0n) is 15.4. The predicted molar refractivity (Wildman–Crippen MR) is 102 cm³/mol. The van der Waals surface area contributed by atoms with Gasteiger partial charge in [0.1, 0.15) is 0 Å². The third-order valence-electron chi connectivity index (χ3n) is 3.98. The van der Waals surface area contributed by atoms with Gasteiger partial charge in [0.05, 0.1) is 23.0 Å². The molecule has 0 aliphatic rings. The van der Waals surface area contributed by atoms with Gasteiger partial charge in [0.2, 0.25) is 15.9 Å². The van der Waals surface area contributed by atoms with E-state index in [0.29, 0.717) is 0 Å². The number of hydrogen-bond donors (Lipinski definition) is 2. The first kappa shape index (κ1) is 21.3. The highest BCUT2D eigenvalue weighted by atomic mass is 32.2. The Morgan fingerprint density at radius 3 is 2.50 bits per heavy atom. The molecule has 2 aromatic rings. The third-order valence-corrected chi connectivity index (χ3v) is 5.44. The summed E-state index contributed by atoms with van der Waals surface area (Å²) >= 11 is 0. The number of carbonyl (C=O) groups is 1. The number of sulfonamides is 1. The quantitative estimate of drug-likeness (QED) is 0.484. The molecule has 0 saturated carbocycles. The molecule has 0 radical (unpaired) electrons. The van der Waals surface area contributed by atoms with Gasteiger partial charge in [0.25, 0.3) is 0 Å². The van der Waals surface area contributed by atoms with E-state index in [1.807, 2.05) is 37.3 Å². The van der Waals surface area contributed by atoms with Crippen LogP contribution >= 0.6 is 0 Å². The van der Waals surface area contributed by atoms with Gasteiger partial charge < -0.3 is 10.1 Å². The molecule has 10 heteroatoms. The fourth-order valence-electron chi connectivity index (χ4n) is 2.50. The fourth-order valence-corrected chi connectivity index (χ4v) is 3.55. The lowest BCUT2D eigenvalue weighted by Gasteiger charge is -2.14. The summed E-state index contributed by atoms with van der Waals surface area (Å²) in [7, 11) is -2.75. The number of ether oxygens (including phenoxy) is 1. The lowest BCUT2D eigenvalue weighted by Crippen LogP contribution is -2.32. The molecular formula is C18H21N3O6S. The number of rotatable bonds is 9. The molecule has 0 bridgehead atoms. The standard InChI is InChI=1S/C18H21N3O6S/c1-13(14-6-4-3-5-7-14)20-18(22)10-11-19-28(25,26)15-8-9-17(27-2)16(12-15)21(23)24/h3-9,12-13,19H,10-11H2,1-2H3,(H,20,22)/t13-/m0/s1. The van der Waals surface area contributed by atoms with Crippen LogP contribution in [0.5, 0.6) is 5.75 Å². The average Bonchev–Trinajstić information content (AvgIpc) is 2.67. The summed E-state index contributed by atoms with van der Waals surface area (Å²) in [6, 6.07) is 12.5. The topological polar surface area (TPSA) is 128 Å². The molecule has 1 amide bonds. The summed E-state index contributed by atoms with van der Waals surface area (Å²) in [5.41, 5.74) is 0.474. The van der Waals surface area contributed by atoms with E-state index in [1.165, 1.54) is 19.2 Å². The Kier molecular flexibility index (Phi) is 7.07. The van der Waals surface area contributed by atoms with Crippen molar-refractivity contribution in [1.82, 2.24) is 10.0 Å². The minimum absolute atomic E-state index is 0.0433. The van der Waals surface area contributed by atoms with E-state index in [-0.39, 0.29) is 35.6 Å². The van der Waals surface area contributed by atoms with Crippen LogP contribution in [0.3, 0.4) is 0 Å². The van der Waals surface area contributed by atoms with Crippen molar-refractivity contribution in [3.05, 3.63) is 64.2 Å². The van der Waals surface area contributed by atoms with E-state index < -0.39 is 20.6 Å². The van der Waals surface area contributed by atoms with Crippen LogP contribution in [0.1, 0.15) is 24.9 Å². The minimum Gasteiger partial charge on any atom is -0.490 e. The van der Waals surface area contributed by atoms with Crippen molar-refractivity contribution < 1.29 is 22.9 Å². The van der Waals surface area contributed by atoms with Crippen molar-refractivity contribution >= 4 is 21.6 Å². The van der Waals surface area contributed by atoms with Crippen LogP contribution in [0.25, 0.3) is 0 Å². The monoisotopic (exact) mass is 407 g/mol. The maximum absolute atomic E-state index is 12.3. The molecule has 2 rings (SSSR count). The van der Waals surface area contributed by atoms with Gasteiger partial charge in [0, 0.05) is 19.0 Å². The van der Waals surface area contributed by atoms with Crippen LogP contribution in [0.15, 0.2) is 53.4 Å². The van der Waals surface area contributed by atoms with E-state index in [9.17, 15) is 23.3 Å². The molecule has 2 N–H and O–H groups in total. The van der Waals surface area contributed by atoms with Gasteiger partial charge in [-0.05, 0) is 24.6 Å². The van der Waals surface area contributed by atoms with Gasteiger partial charge in [-0.25, -0.2) is 13.1 Å². The maximum Gasteiger partial charge on any atom is 0.312 e. The van der Waals surface area contributed by atoms with E-state index in [0.717, 1.165) is 11.6 Å². The van der Waals surface area contributed by atoms with Crippen molar-refractivity contribution in [3.63, 3.8) is 0 Å². The van der Waals surface area contributed by atoms with Gasteiger partial charge in [-0.1, -0.05) is 30.3 Å². The maximum atomic E-state index is 12.3. The second-order valence-electron chi connectivity index (χ2n) is 5.94. The molecule has 0 aliphatic heterocycles. The lowest BCUT2D eigenvalue weighted by molar-refractivity contribution is -0.386. The number of benzene rings is 2. The van der Waals surface area contributed by atoms with Crippen molar-refractivity contribution in [3.8, 4) is 5.75 Å². The average molecular weight is 407 g/mol. The normalized spacial score (nSPS) is 12.2. The number of hydrogen-bond acceptors (Lipinski definition) is 6. The molecule has 0 unspecified atom stereocenters. The molecule has 0 spiro atoms. The van der Waals surface area contributed by atoms with E-state index >= 15 is 0 Å². The van der Waals surface area contributed by atoms with Gasteiger partial charge in [-0.3, -0.25) is 14.9 Å². The van der Waals surface area contributed by atoms with Crippen LogP contribution < -0.4 is 14.8 Å². The summed E-state index contributed by atoms with van der Waals surface area (Å²) in [4.78, 5) is 22.1. The number of nitrogens with zero attached hydrogens (tertiary/aromatic N) is 1. The van der Waals surface area contributed by atoms with Gasteiger partial charge in [-0.2, -0.15) is 0 Å². The second kappa shape index (κ2) is 9.29. The third kappa shape index (κ3) is 5.51. The number of nitro groups is 1. The molecule has 28 heavy (non-hydrogen) atoms. The van der Waals surface area contributed by atoms with Gasteiger partial charge >= 0.3 is 5.69 Å². The zero-order chi connectivity index (χ0) is 20.7. The van der Waals surface area contributed by atoms with Crippen molar-refractivity contribution in [2.45, 2.75) is 24.3 Å². The Hall–Kier alpha value is -2.98. The van der Waals surface area contributed by atoms with Crippen LogP contribution in [0, 0.1) is 10.1 Å². The van der Waals surface area contributed by atoms with Crippen molar-refractivity contribution in [2.75, 3.05) is 13.7 Å². The molecule has 2 aromatic carbocycles. The number of methoxy groups -OCH3 is 1. The minimum atomic E-state index is -4.01. The Balaban J connectivity index is 1.95. The molecule has 0 aromatic heterocycles. The molecule has 0 heterocycles. The molecule has 150 valence electrons. The Bertz CT molecular complexity index is 947. The molecule has 1 atom stereocenters. The lowest BCUT2D eigenvalue weighted by atomic mass is 10.1. The van der Waals surface area contributed by atoms with Gasteiger partial charge in [0.15, 0.2) is 5.75 Å². The largest absolute Gasteiger partial charge is 0.490 e. The second-order valence-corrected chi connectivity index (χ2v) is 7.71. The van der Waals surface area contributed by atoms with E-state index in [1.54, 1.807) is 0 Å². The predicted octanol–water partition coefficient (Wildman–Crippen LogP) is 2.15. The number of nitro benzene ring substituents is 1. The highest BCUT2D eigenvalue weighted by molar-refractivity contribution is 7.89. The summed E-state index contributed by atoms with van der Waals surface area (Å²) in [6.07, 6.45) is -0.0748. The smallest absolute Gasteiger partial charge is 0.312 e. The fraction of sp³-hybridized carbons (Fsp3) is 0.278. The zero-order valence-corrected chi connectivity index (χ0v) is 16.2. The van der Waals surface area contributed by atoms with E-state index in [2.05, 4.69) is 10.0 Å². The van der Waals surface area contributed by atoms with Gasteiger partial charge in [-0.15, -0.1) is 0 Å². The summed E-state index contributed by atoms with van der Waals surface area (Å²) < 4.78 is 31.8. The molecular weight excluding hydrogens is 386 g/mol. The first-order valence-electron chi connectivity index (χ1n) is 8.41. The number of carbonyl (C=O) groups excluding carboxylic acids is 1.